The Kier molecular flexibility index (Phi) is 36.7. The minimum Gasteiger partial charge on any atom is -0.459 e. The predicted molar refractivity (Wildman–Crippen MR) is 201 cm³/mol. The number of esters is 1. The first-order valence-corrected chi connectivity index (χ1v) is 19.9. The molecule has 0 aliphatic heterocycles. The monoisotopic (exact) mass is 674 g/mol. The molecule has 0 fully saturated rings. The van der Waals surface area contributed by atoms with Crippen LogP contribution in [0, 0.1) is 0 Å². The fourth-order valence-corrected chi connectivity index (χ4v) is 5.51. The van der Waals surface area contributed by atoms with Crippen molar-refractivity contribution in [2.24, 2.45) is 0 Å². The summed E-state index contributed by atoms with van der Waals surface area (Å²) in [6.45, 7) is 4.52. The molecule has 0 N–H and O–H groups in total. The van der Waals surface area contributed by atoms with Gasteiger partial charge in [-0.3, -0.25) is 0 Å². The van der Waals surface area contributed by atoms with E-state index < -0.39 is 0 Å². The van der Waals surface area contributed by atoms with Crippen LogP contribution in [-0.2, 0) is 9.53 Å². The van der Waals surface area contributed by atoms with Gasteiger partial charge in [-0.2, -0.15) is 0 Å². The van der Waals surface area contributed by atoms with Crippen LogP contribution in [0.4, 0.5) is 0 Å². The maximum atomic E-state index is 12.2. The van der Waals surface area contributed by atoms with Gasteiger partial charge in [0.25, 0.3) is 0 Å². The molecule has 0 bridgehead atoms. The van der Waals surface area contributed by atoms with Gasteiger partial charge in [0, 0.05) is 11.4 Å². The van der Waals surface area contributed by atoms with Gasteiger partial charge in [-0.15, -0.1) is 0 Å². The van der Waals surface area contributed by atoms with Crippen molar-refractivity contribution in [1.29, 1.82) is 0 Å². The standard InChI is InChI=1S/C41H71BrO2/c1-3-5-7-9-11-13-15-17-19-21-23-25-27-29-31-33-36-40(44-41(43)38-35-39-42)37-34-32-30-28-26-24-22-20-18-16-14-12-10-8-6-4-2/h11-14,17-20,35,38,40H,3-10,15-16,21-34,36-37,39H2,1-2H3/b13-11-,14-12-,19-17-,20-18-,38-35+. The molecule has 0 unspecified atom stereocenters. The number of hydrogen-bond acceptors (Lipinski definition) is 2. The average molecular weight is 676 g/mol. The second-order valence-corrected chi connectivity index (χ2v) is 13.0. The molecule has 3 heteroatoms. The quantitative estimate of drug-likeness (QED) is 0.0228. The summed E-state index contributed by atoms with van der Waals surface area (Å²) in [5.41, 5.74) is 0. The normalized spacial score (nSPS) is 12.5. The van der Waals surface area contributed by atoms with Crippen molar-refractivity contribution in [2.75, 3.05) is 5.33 Å². The maximum Gasteiger partial charge on any atom is 0.330 e. The third kappa shape index (κ3) is 35.1. The molecular weight excluding hydrogens is 604 g/mol. The summed E-state index contributed by atoms with van der Waals surface area (Å²) in [5, 5.41) is 0.685. The first kappa shape index (κ1) is 42.6. The van der Waals surface area contributed by atoms with Gasteiger partial charge >= 0.3 is 5.97 Å². The number of carbonyl (C=O) groups excluding carboxylic acids is 1. The summed E-state index contributed by atoms with van der Waals surface area (Å²) in [6.07, 6.45) is 54.4. The molecule has 0 amide bonds. The largest absolute Gasteiger partial charge is 0.459 e. The molecule has 0 aromatic rings. The van der Waals surface area contributed by atoms with Crippen LogP contribution in [0.3, 0.4) is 0 Å². The molecule has 0 aromatic carbocycles. The molecule has 0 aliphatic carbocycles. The Morgan fingerprint density at radius 1 is 0.500 bits per heavy atom. The van der Waals surface area contributed by atoms with Crippen molar-refractivity contribution >= 4 is 21.9 Å². The van der Waals surface area contributed by atoms with E-state index in [4.69, 9.17) is 4.74 Å². The SMILES string of the molecule is CCCCC/C=C\C/C=C\CCCCCCCCC(CCCCCCCC/C=C\C/C=C\CCCCC)OC(=O)/C=C/CBr. The Bertz CT molecular complexity index is 685. The van der Waals surface area contributed by atoms with Gasteiger partial charge in [-0.1, -0.05) is 162 Å². The smallest absolute Gasteiger partial charge is 0.330 e. The fourth-order valence-electron chi connectivity index (χ4n) is 5.33. The zero-order valence-electron chi connectivity index (χ0n) is 29.1. The topological polar surface area (TPSA) is 26.3 Å². The second kappa shape index (κ2) is 37.8. The van der Waals surface area contributed by atoms with Crippen molar-refractivity contribution in [3.05, 3.63) is 60.8 Å². The van der Waals surface area contributed by atoms with E-state index in [1.807, 2.05) is 6.08 Å². The van der Waals surface area contributed by atoms with Crippen molar-refractivity contribution in [2.45, 2.75) is 187 Å². The third-order valence-electron chi connectivity index (χ3n) is 8.08. The van der Waals surface area contributed by atoms with E-state index in [1.54, 1.807) is 6.08 Å². The zero-order chi connectivity index (χ0) is 32.0. The van der Waals surface area contributed by atoms with E-state index in [0.717, 1.165) is 38.5 Å². The lowest BCUT2D eigenvalue weighted by molar-refractivity contribution is -0.143. The highest BCUT2D eigenvalue weighted by Gasteiger charge is 2.12. The molecule has 0 saturated heterocycles. The molecule has 0 aliphatic rings. The maximum absolute atomic E-state index is 12.2. The molecule has 44 heavy (non-hydrogen) atoms. The Labute approximate surface area is 283 Å². The van der Waals surface area contributed by atoms with E-state index in [2.05, 4.69) is 78.4 Å². The van der Waals surface area contributed by atoms with Crippen molar-refractivity contribution in [3.63, 3.8) is 0 Å². The summed E-state index contributed by atoms with van der Waals surface area (Å²) in [6, 6.07) is 0. The lowest BCUT2D eigenvalue weighted by atomic mass is 10.0. The fraction of sp³-hybridized carbons (Fsp3) is 0.732. The highest BCUT2D eigenvalue weighted by molar-refractivity contribution is 9.09. The Hall–Kier alpha value is -1.35. The lowest BCUT2D eigenvalue weighted by Gasteiger charge is -2.17. The van der Waals surface area contributed by atoms with Crippen LogP contribution >= 0.6 is 15.9 Å². The molecule has 0 rings (SSSR count). The number of allylic oxidation sites excluding steroid dienone is 9. The van der Waals surface area contributed by atoms with E-state index in [1.165, 1.54) is 128 Å². The Balaban J connectivity index is 3.90. The summed E-state index contributed by atoms with van der Waals surface area (Å²) >= 11 is 3.35. The van der Waals surface area contributed by atoms with Crippen LogP contribution in [0.5, 0.6) is 0 Å². The van der Waals surface area contributed by atoms with Crippen LogP contribution < -0.4 is 0 Å². The molecule has 0 radical (unpaired) electrons. The summed E-state index contributed by atoms with van der Waals surface area (Å²) in [7, 11) is 0. The number of rotatable bonds is 33. The minimum absolute atomic E-state index is 0.0686. The second-order valence-electron chi connectivity index (χ2n) is 12.4. The third-order valence-corrected chi connectivity index (χ3v) is 8.45. The van der Waals surface area contributed by atoms with Crippen molar-refractivity contribution < 1.29 is 9.53 Å². The number of halogens is 1. The zero-order valence-corrected chi connectivity index (χ0v) is 30.7. The molecule has 0 aromatic heterocycles. The lowest BCUT2D eigenvalue weighted by Crippen LogP contribution is -2.17. The van der Waals surface area contributed by atoms with E-state index in [-0.39, 0.29) is 12.1 Å². The highest BCUT2D eigenvalue weighted by atomic mass is 79.9. The van der Waals surface area contributed by atoms with Crippen molar-refractivity contribution in [3.8, 4) is 0 Å². The van der Waals surface area contributed by atoms with Gasteiger partial charge in [-0.25, -0.2) is 4.79 Å². The Morgan fingerprint density at radius 3 is 1.25 bits per heavy atom. The summed E-state index contributed by atoms with van der Waals surface area (Å²) in [5.74, 6) is -0.186. The van der Waals surface area contributed by atoms with Gasteiger partial charge in [0.05, 0.1) is 0 Å². The first-order chi connectivity index (χ1) is 21.7. The summed E-state index contributed by atoms with van der Waals surface area (Å²) in [4.78, 5) is 12.2. The molecule has 2 nitrogen and oxygen atoms in total. The van der Waals surface area contributed by atoms with E-state index in [9.17, 15) is 4.79 Å². The van der Waals surface area contributed by atoms with Gasteiger partial charge in [0.1, 0.15) is 6.10 Å². The number of unbranched alkanes of at least 4 members (excludes halogenated alkanes) is 18. The van der Waals surface area contributed by atoms with Crippen LogP contribution in [-0.4, -0.2) is 17.4 Å². The average Bonchev–Trinajstić information content (AvgIpc) is 3.03. The van der Waals surface area contributed by atoms with Crippen LogP contribution in [0.25, 0.3) is 0 Å². The molecule has 0 saturated carbocycles. The van der Waals surface area contributed by atoms with Gasteiger partial charge in [0.15, 0.2) is 0 Å². The van der Waals surface area contributed by atoms with Crippen LogP contribution in [0.1, 0.15) is 181 Å². The van der Waals surface area contributed by atoms with E-state index >= 15 is 0 Å². The van der Waals surface area contributed by atoms with Gasteiger partial charge in [-0.05, 0) is 89.9 Å². The van der Waals surface area contributed by atoms with E-state index in [0.29, 0.717) is 5.33 Å². The Morgan fingerprint density at radius 2 is 0.864 bits per heavy atom. The van der Waals surface area contributed by atoms with Crippen molar-refractivity contribution in [1.82, 2.24) is 0 Å². The number of carbonyl (C=O) groups is 1. The summed E-state index contributed by atoms with van der Waals surface area (Å²) < 4.78 is 5.83. The predicted octanol–water partition coefficient (Wildman–Crippen LogP) is 14.3. The van der Waals surface area contributed by atoms with Crippen LogP contribution in [0.15, 0.2) is 60.8 Å². The van der Waals surface area contributed by atoms with Gasteiger partial charge in [0.2, 0.25) is 0 Å². The molecule has 0 atom stereocenters. The van der Waals surface area contributed by atoms with Gasteiger partial charge < -0.3 is 4.74 Å². The molecule has 0 heterocycles. The molecular formula is C41H71BrO2. The first-order valence-electron chi connectivity index (χ1n) is 18.8. The van der Waals surface area contributed by atoms with Crippen LogP contribution in [0.2, 0.25) is 0 Å². The molecule has 254 valence electrons. The highest BCUT2D eigenvalue weighted by Crippen LogP contribution is 2.18. The number of ether oxygens (including phenoxy) is 1. The number of alkyl halides is 1. The minimum atomic E-state index is -0.186. The molecule has 0 spiro atoms. The number of hydrogen-bond donors (Lipinski definition) is 0.